The van der Waals surface area contributed by atoms with Crippen LogP contribution < -0.4 is 5.73 Å². The lowest BCUT2D eigenvalue weighted by molar-refractivity contribution is 0.0636. The fraction of sp³-hybridized carbons (Fsp3) is 0.524. The average Bonchev–Trinajstić information content (AvgIpc) is 3.13. The summed E-state index contributed by atoms with van der Waals surface area (Å²) in [6, 6.07) is 7.40. The summed E-state index contributed by atoms with van der Waals surface area (Å²) >= 11 is 1.67. The van der Waals surface area contributed by atoms with Crippen molar-refractivity contribution in [1.82, 2.24) is 9.88 Å². The molecule has 1 saturated carbocycles. The van der Waals surface area contributed by atoms with E-state index in [0.717, 1.165) is 22.8 Å². The number of likely N-dealkylation sites (tertiary alicyclic amines) is 1. The number of carbonyl (C=O) groups is 1. The lowest BCUT2D eigenvalue weighted by Crippen LogP contribution is -2.40. The monoisotopic (exact) mass is 369 g/mol. The van der Waals surface area contributed by atoms with Gasteiger partial charge in [0.1, 0.15) is 5.01 Å². The predicted molar refractivity (Wildman–Crippen MR) is 106 cm³/mol. The molecule has 2 fully saturated rings. The number of thiazole rings is 1. The number of nitrogens with zero attached hydrogens (tertiary/aromatic N) is 2. The van der Waals surface area contributed by atoms with Crippen LogP contribution in [0.3, 0.4) is 0 Å². The molecule has 1 amide bonds. The van der Waals surface area contributed by atoms with E-state index >= 15 is 0 Å². The number of nitrogens with two attached hydrogens (primary N) is 1. The fourth-order valence-electron chi connectivity index (χ4n) is 4.51. The Balaban J connectivity index is 1.36. The van der Waals surface area contributed by atoms with Crippen LogP contribution in [0.25, 0.3) is 10.6 Å². The molecule has 2 heterocycles. The molecule has 1 aromatic heterocycles. The summed E-state index contributed by atoms with van der Waals surface area (Å²) in [7, 11) is 0. The lowest BCUT2D eigenvalue weighted by Gasteiger charge is -2.44. The van der Waals surface area contributed by atoms with Crippen molar-refractivity contribution in [3.05, 3.63) is 40.9 Å². The molecule has 4 nitrogen and oxygen atoms in total. The van der Waals surface area contributed by atoms with Crippen LogP contribution in [0, 0.1) is 5.41 Å². The Morgan fingerprint density at radius 1 is 1.08 bits per heavy atom. The van der Waals surface area contributed by atoms with Crippen molar-refractivity contribution < 1.29 is 4.79 Å². The third-order valence-electron chi connectivity index (χ3n) is 6.18. The van der Waals surface area contributed by atoms with Gasteiger partial charge in [-0.1, -0.05) is 31.4 Å². The molecule has 2 aromatic rings. The average molecular weight is 370 g/mol. The number of rotatable bonds is 4. The molecule has 0 radical (unpaired) electrons. The first-order valence-corrected chi connectivity index (χ1v) is 10.6. The van der Waals surface area contributed by atoms with E-state index in [4.69, 9.17) is 10.7 Å². The molecule has 1 aliphatic carbocycles. The Labute approximate surface area is 159 Å². The van der Waals surface area contributed by atoms with Crippen molar-refractivity contribution in [3.8, 4) is 10.6 Å². The number of aromatic nitrogens is 1. The summed E-state index contributed by atoms with van der Waals surface area (Å²) in [5, 5.41) is 3.18. The van der Waals surface area contributed by atoms with Gasteiger partial charge in [-0.2, -0.15) is 0 Å². The highest BCUT2D eigenvalue weighted by atomic mass is 32.1. The highest BCUT2D eigenvalue weighted by molar-refractivity contribution is 7.13. The van der Waals surface area contributed by atoms with Crippen LogP contribution in [0.5, 0.6) is 0 Å². The molecule has 0 bridgehead atoms. The number of piperidine rings is 1. The Bertz CT molecular complexity index is 752. The normalized spacial score (nSPS) is 20.3. The molecule has 2 aliphatic rings. The first-order chi connectivity index (χ1) is 12.6. The van der Waals surface area contributed by atoms with Crippen LogP contribution in [0.4, 0.5) is 0 Å². The van der Waals surface area contributed by atoms with E-state index in [2.05, 4.69) is 10.3 Å². The van der Waals surface area contributed by atoms with E-state index in [-0.39, 0.29) is 0 Å². The van der Waals surface area contributed by atoms with Gasteiger partial charge in [-0.15, -0.1) is 11.3 Å². The smallest absolute Gasteiger partial charge is 0.248 e. The molecule has 1 aliphatic heterocycles. The first kappa shape index (κ1) is 17.7. The molecule has 5 heteroatoms. The molecule has 0 atom stereocenters. The molecule has 1 spiro atoms. The van der Waals surface area contributed by atoms with Crippen LogP contribution >= 0.6 is 11.3 Å². The molecule has 26 heavy (non-hydrogen) atoms. The van der Waals surface area contributed by atoms with Crippen LogP contribution in [0.15, 0.2) is 29.6 Å². The number of benzene rings is 1. The van der Waals surface area contributed by atoms with Crippen LogP contribution in [-0.2, 0) is 6.54 Å². The standard InChI is InChI=1S/C21H27N3OS/c22-19(25)16-4-6-17(7-5-16)20-23-18(15-26-20)14-24-12-10-21(11-13-24)8-2-1-3-9-21/h4-7,15H,1-3,8-14H2,(H2,22,25). The number of primary amides is 1. The van der Waals surface area contributed by atoms with Crippen LogP contribution in [-0.4, -0.2) is 28.9 Å². The summed E-state index contributed by atoms with van der Waals surface area (Å²) < 4.78 is 0. The second kappa shape index (κ2) is 7.49. The molecular weight excluding hydrogens is 342 g/mol. The SMILES string of the molecule is NC(=O)c1ccc(-c2nc(CN3CCC4(CCCCC4)CC3)cs2)cc1. The van der Waals surface area contributed by atoms with Gasteiger partial charge in [0.25, 0.3) is 0 Å². The number of amides is 1. The minimum atomic E-state index is -0.391. The fourth-order valence-corrected chi connectivity index (χ4v) is 5.32. The van der Waals surface area contributed by atoms with Crippen LogP contribution in [0.1, 0.15) is 61.0 Å². The maximum atomic E-state index is 11.2. The van der Waals surface area contributed by atoms with Gasteiger partial charge in [0.2, 0.25) is 5.91 Å². The molecular formula is C21H27N3OS. The van der Waals surface area contributed by atoms with Gasteiger partial charge in [0.15, 0.2) is 0 Å². The van der Waals surface area contributed by atoms with Crippen molar-refractivity contribution in [2.75, 3.05) is 13.1 Å². The Kier molecular flexibility index (Phi) is 5.09. The zero-order valence-corrected chi connectivity index (χ0v) is 16.1. The van der Waals surface area contributed by atoms with Crippen LogP contribution in [0.2, 0.25) is 0 Å². The highest BCUT2D eigenvalue weighted by Crippen LogP contribution is 2.44. The van der Waals surface area contributed by atoms with Crippen molar-refractivity contribution in [2.24, 2.45) is 11.1 Å². The molecule has 4 rings (SSSR count). The summed E-state index contributed by atoms with van der Waals surface area (Å²) in [4.78, 5) is 18.6. The Morgan fingerprint density at radius 3 is 2.42 bits per heavy atom. The zero-order valence-electron chi connectivity index (χ0n) is 15.2. The number of hydrogen-bond acceptors (Lipinski definition) is 4. The summed E-state index contributed by atoms with van der Waals surface area (Å²) in [5.41, 5.74) is 8.70. The predicted octanol–water partition coefficient (Wildman–Crippen LogP) is 4.46. The molecule has 2 N–H and O–H groups in total. The van der Waals surface area contributed by atoms with Crippen molar-refractivity contribution in [1.29, 1.82) is 0 Å². The molecule has 0 unspecified atom stereocenters. The number of carbonyl (C=O) groups excluding carboxylic acids is 1. The Morgan fingerprint density at radius 2 is 1.77 bits per heavy atom. The molecule has 1 saturated heterocycles. The maximum absolute atomic E-state index is 11.2. The van der Waals surface area contributed by atoms with Gasteiger partial charge in [0, 0.05) is 23.1 Å². The van der Waals surface area contributed by atoms with Crippen molar-refractivity contribution in [3.63, 3.8) is 0 Å². The van der Waals surface area contributed by atoms with E-state index in [1.165, 1.54) is 58.0 Å². The van der Waals surface area contributed by atoms with Gasteiger partial charge in [0.05, 0.1) is 5.69 Å². The minimum Gasteiger partial charge on any atom is -0.366 e. The van der Waals surface area contributed by atoms with Gasteiger partial charge >= 0.3 is 0 Å². The van der Waals surface area contributed by atoms with Crippen molar-refractivity contribution in [2.45, 2.75) is 51.5 Å². The largest absolute Gasteiger partial charge is 0.366 e. The Hall–Kier alpha value is -1.72. The third kappa shape index (κ3) is 3.84. The zero-order chi connectivity index (χ0) is 18.0. The topological polar surface area (TPSA) is 59.2 Å². The summed E-state index contributed by atoms with van der Waals surface area (Å²) in [6.07, 6.45) is 9.92. The maximum Gasteiger partial charge on any atom is 0.248 e. The highest BCUT2D eigenvalue weighted by Gasteiger charge is 2.35. The van der Waals surface area contributed by atoms with E-state index < -0.39 is 5.91 Å². The minimum absolute atomic E-state index is 0.391. The van der Waals surface area contributed by atoms with E-state index in [0.29, 0.717) is 11.0 Å². The van der Waals surface area contributed by atoms with E-state index in [1.807, 2.05) is 12.1 Å². The quantitative estimate of drug-likeness (QED) is 0.866. The first-order valence-electron chi connectivity index (χ1n) is 9.71. The van der Waals surface area contributed by atoms with Gasteiger partial charge in [-0.25, -0.2) is 4.98 Å². The summed E-state index contributed by atoms with van der Waals surface area (Å²) in [5.74, 6) is -0.391. The van der Waals surface area contributed by atoms with Gasteiger partial charge in [-0.05, 0) is 56.3 Å². The third-order valence-corrected chi connectivity index (χ3v) is 7.12. The lowest BCUT2D eigenvalue weighted by atomic mass is 9.68. The summed E-state index contributed by atoms with van der Waals surface area (Å²) in [6.45, 7) is 3.37. The molecule has 138 valence electrons. The second-order valence-corrected chi connectivity index (χ2v) is 8.78. The van der Waals surface area contributed by atoms with E-state index in [1.54, 1.807) is 23.5 Å². The van der Waals surface area contributed by atoms with Gasteiger partial charge < -0.3 is 5.73 Å². The van der Waals surface area contributed by atoms with E-state index in [9.17, 15) is 4.79 Å². The molecule has 1 aromatic carbocycles. The van der Waals surface area contributed by atoms with Gasteiger partial charge in [-0.3, -0.25) is 9.69 Å². The van der Waals surface area contributed by atoms with Crippen molar-refractivity contribution >= 4 is 17.2 Å². The second-order valence-electron chi connectivity index (χ2n) is 7.92. The number of hydrogen-bond donors (Lipinski definition) is 1.